The number of methoxy groups -OCH3 is 1. The van der Waals surface area contributed by atoms with Crippen molar-refractivity contribution in [3.63, 3.8) is 0 Å². The third kappa shape index (κ3) is 2.37. The van der Waals surface area contributed by atoms with Gasteiger partial charge in [0.2, 0.25) is 10.0 Å². The molecule has 0 aliphatic carbocycles. The smallest absolute Gasteiger partial charge is 0.246 e. The molecule has 24 heavy (non-hydrogen) atoms. The van der Waals surface area contributed by atoms with Gasteiger partial charge in [0.1, 0.15) is 16.5 Å². The topological polar surface area (TPSA) is 75.3 Å². The van der Waals surface area contributed by atoms with E-state index in [-0.39, 0.29) is 10.8 Å². The van der Waals surface area contributed by atoms with Gasteiger partial charge in [-0.25, -0.2) is 13.4 Å². The minimum Gasteiger partial charge on any atom is -0.495 e. The number of benzene rings is 2. The van der Waals surface area contributed by atoms with E-state index in [1.807, 2.05) is 24.3 Å². The zero-order valence-electron chi connectivity index (χ0n) is 13.1. The molecule has 1 saturated heterocycles. The van der Waals surface area contributed by atoms with Crippen LogP contribution in [0.25, 0.3) is 11.0 Å². The van der Waals surface area contributed by atoms with Gasteiger partial charge >= 0.3 is 0 Å². The van der Waals surface area contributed by atoms with Gasteiger partial charge in [-0.05, 0) is 24.3 Å². The zero-order valence-corrected chi connectivity index (χ0v) is 14.0. The summed E-state index contributed by atoms with van der Waals surface area (Å²) in [6.07, 6.45) is 0. The Hall–Kier alpha value is -2.38. The second kappa shape index (κ2) is 5.61. The highest BCUT2D eigenvalue weighted by atomic mass is 32.2. The Balaban J connectivity index is 1.56. The average Bonchev–Trinajstić information content (AvgIpc) is 2.96. The number of sulfonamides is 1. The molecule has 1 aliphatic heterocycles. The van der Waals surface area contributed by atoms with E-state index in [1.54, 1.807) is 24.3 Å². The van der Waals surface area contributed by atoms with Crippen molar-refractivity contribution in [2.45, 2.75) is 10.8 Å². The van der Waals surface area contributed by atoms with Crippen molar-refractivity contribution in [1.82, 2.24) is 14.3 Å². The van der Waals surface area contributed by atoms with E-state index in [2.05, 4.69) is 9.97 Å². The highest BCUT2D eigenvalue weighted by molar-refractivity contribution is 7.89. The van der Waals surface area contributed by atoms with Gasteiger partial charge in [0.15, 0.2) is 0 Å². The van der Waals surface area contributed by atoms with Gasteiger partial charge in [-0.15, -0.1) is 0 Å². The number of hydrogen-bond acceptors (Lipinski definition) is 4. The fraction of sp³-hybridized carbons (Fsp3) is 0.235. The summed E-state index contributed by atoms with van der Waals surface area (Å²) in [5.74, 6) is 1.29. The Morgan fingerprint density at radius 1 is 1.12 bits per heavy atom. The molecular formula is C17H17N3O3S. The van der Waals surface area contributed by atoms with Crippen LogP contribution >= 0.6 is 0 Å². The maximum Gasteiger partial charge on any atom is 0.246 e. The van der Waals surface area contributed by atoms with Gasteiger partial charge < -0.3 is 9.72 Å². The molecule has 1 aromatic heterocycles. The number of imidazole rings is 1. The predicted octanol–water partition coefficient (Wildman–Crippen LogP) is 2.36. The second-order valence-corrected chi connectivity index (χ2v) is 7.72. The largest absolute Gasteiger partial charge is 0.495 e. The Bertz CT molecular complexity index is 958. The maximum atomic E-state index is 12.8. The lowest BCUT2D eigenvalue weighted by molar-refractivity contribution is 0.256. The quantitative estimate of drug-likeness (QED) is 0.789. The molecule has 1 N–H and O–H groups in total. The first-order valence-electron chi connectivity index (χ1n) is 7.67. The number of nitrogens with one attached hydrogen (secondary N) is 1. The van der Waals surface area contributed by atoms with Crippen LogP contribution in [-0.2, 0) is 10.0 Å². The minimum absolute atomic E-state index is 0.0851. The van der Waals surface area contributed by atoms with Crippen molar-refractivity contribution >= 4 is 21.1 Å². The highest BCUT2D eigenvalue weighted by Crippen LogP contribution is 2.34. The summed E-state index contributed by atoms with van der Waals surface area (Å²) in [5, 5.41) is 0. The molecule has 124 valence electrons. The number of nitrogens with zero attached hydrogens (tertiary/aromatic N) is 2. The van der Waals surface area contributed by atoms with Gasteiger partial charge in [0, 0.05) is 19.0 Å². The van der Waals surface area contributed by atoms with Crippen LogP contribution < -0.4 is 4.74 Å². The van der Waals surface area contributed by atoms with Crippen molar-refractivity contribution in [1.29, 1.82) is 0 Å². The van der Waals surface area contributed by atoms with E-state index in [1.165, 1.54) is 11.4 Å². The van der Waals surface area contributed by atoms with Gasteiger partial charge in [-0.2, -0.15) is 4.31 Å². The molecule has 0 amide bonds. The van der Waals surface area contributed by atoms with Crippen LogP contribution in [0.3, 0.4) is 0 Å². The molecule has 2 aromatic carbocycles. The number of hydrogen-bond donors (Lipinski definition) is 1. The number of rotatable bonds is 4. The number of H-pyrrole nitrogens is 1. The Labute approximate surface area is 140 Å². The third-order valence-corrected chi connectivity index (χ3v) is 6.20. The Morgan fingerprint density at radius 2 is 1.83 bits per heavy atom. The van der Waals surface area contributed by atoms with Crippen LogP contribution in [-0.4, -0.2) is 42.9 Å². The minimum atomic E-state index is -3.55. The lowest BCUT2D eigenvalue weighted by Gasteiger charge is -2.37. The molecule has 0 unspecified atom stereocenters. The first kappa shape index (κ1) is 15.2. The van der Waals surface area contributed by atoms with Crippen LogP contribution in [0.2, 0.25) is 0 Å². The lowest BCUT2D eigenvalue weighted by atomic mass is 10.0. The van der Waals surface area contributed by atoms with Crippen molar-refractivity contribution in [2.24, 2.45) is 0 Å². The number of aromatic amines is 1. The summed E-state index contributed by atoms with van der Waals surface area (Å²) in [5.41, 5.74) is 1.87. The molecule has 0 atom stereocenters. The number of ether oxygens (including phenoxy) is 1. The molecule has 0 radical (unpaired) electrons. The van der Waals surface area contributed by atoms with Gasteiger partial charge in [0.05, 0.1) is 18.1 Å². The van der Waals surface area contributed by atoms with E-state index in [0.717, 1.165) is 16.9 Å². The van der Waals surface area contributed by atoms with Crippen molar-refractivity contribution in [3.05, 3.63) is 54.4 Å². The van der Waals surface area contributed by atoms with Gasteiger partial charge in [-0.1, -0.05) is 24.3 Å². The summed E-state index contributed by atoms with van der Waals surface area (Å²) in [4.78, 5) is 8.03. The van der Waals surface area contributed by atoms with E-state index >= 15 is 0 Å². The second-order valence-electron chi connectivity index (χ2n) is 5.81. The summed E-state index contributed by atoms with van der Waals surface area (Å²) < 4.78 is 32.2. The maximum absolute atomic E-state index is 12.8. The standard InChI is InChI=1S/C17H17N3O3S/c1-23-15-8-4-5-9-16(15)24(21,22)20-10-12(11-20)17-18-13-6-2-3-7-14(13)19-17/h2-9,12H,10-11H2,1H3,(H,18,19). The number of fused-ring (bicyclic) bond motifs is 1. The van der Waals surface area contributed by atoms with Crippen molar-refractivity contribution in [2.75, 3.05) is 20.2 Å². The summed E-state index contributed by atoms with van der Waals surface area (Å²) >= 11 is 0. The number of para-hydroxylation sites is 3. The summed E-state index contributed by atoms with van der Waals surface area (Å²) in [7, 11) is -2.08. The zero-order chi connectivity index (χ0) is 16.7. The number of aromatic nitrogens is 2. The van der Waals surface area contributed by atoms with Crippen LogP contribution in [0, 0.1) is 0 Å². The van der Waals surface area contributed by atoms with Crippen LogP contribution in [0.1, 0.15) is 11.7 Å². The molecular weight excluding hydrogens is 326 g/mol. The van der Waals surface area contributed by atoms with Gasteiger partial charge in [0.25, 0.3) is 0 Å². The van der Waals surface area contributed by atoms with Gasteiger partial charge in [-0.3, -0.25) is 0 Å². The molecule has 7 heteroatoms. The predicted molar refractivity (Wildman–Crippen MR) is 90.6 cm³/mol. The Kier molecular flexibility index (Phi) is 3.54. The molecule has 1 fully saturated rings. The monoisotopic (exact) mass is 343 g/mol. The van der Waals surface area contributed by atoms with E-state index in [9.17, 15) is 8.42 Å². The molecule has 2 heterocycles. The summed E-state index contributed by atoms with van der Waals surface area (Å²) in [6, 6.07) is 14.5. The highest BCUT2D eigenvalue weighted by Gasteiger charge is 2.40. The average molecular weight is 343 g/mol. The molecule has 0 saturated carbocycles. The third-order valence-electron chi connectivity index (χ3n) is 4.33. The van der Waals surface area contributed by atoms with E-state index in [4.69, 9.17) is 4.74 Å². The Morgan fingerprint density at radius 3 is 2.58 bits per heavy atom. The summed E-state index contributed by atoms with van der Waals surface area (Å²) in [6.45, 7) is 0.834. The van der Waals surface area contributed by atoms with Crippen LogP contribution in [0.5, 0.6) is 5.75 Å². The fourth-order valence-corrected chi connectivity index (χ4v) is 4.63. The molecule has 4 rings (SSSR count). The first-order chi connectivity index (χ1) is 11.6. The first-order valence-corrected chi connectivity index (χ1v) is 9.11. The van der Waals surface area contributed by atoms with Crippen molar-refractivity contribution < 1.29 is 13.2 Å². The molecule has 1 aliphatic rings. The molecule has 3 aromatic rings. The lowest BCUT2D eigenvalue weighted by Crippen LogP contribution is -2.48. The fourth-order valence-electron chi connectivity index (χ4n) is 2.94. The normalized spacial score (nSPS) is 16.2. The molecule has 0 spiro atoms. The molecule has 6 nitrogen and oxygen atoms in total. The van der Waals surface area contributed by atoms with Crippen LogP contribution in [0.15, 0.2) is 53.4 Å². The molecule has 0 bridgehead atoms. The van der Waals surface area contributed by atoms with Crippen LogP contribution in [0.4, 0.5) is 0 Å². The van der Waals surface area contributed by atoms with E-state index in [0.29, 0.717) is 18.8 Å². The van der Waals surface area contributed by atoms with Crippen molar-refractivity contribution in [3.8, 4) is 5.75 Å². The SMILES string of the molecule is COc1ccccc1S(=O)(=O)N1CC(c2nc3ccccc3[nH]2)C1. The van der Waals surface area contributed by atoms with E-state index < -0.39 is 10.0 Å².